The zero-order chi connectivity index (χ0) is 21.7. The van der Waals surface area contributed by atoms with Gasteiger partial charge in [0.05, 0.1) is 5.69 Å². The summed E-state index contributed by atoms with van der Waals surface area (Å²) in [6.07, 6.45) is 7.32. The fraction of sp³-hybridized carbons (Fsp3) is 0.292. The summed E-state index contributed by atoms with van der Waals surface area (Å²) in [5, 5.41) is 8.65. The van der Waals surface area contributed by atoms with E-state index in [-0.39, 0.29) is 5.78 Å². The molecule has 1 aromatic heterocycles. The number of likely N-dealkylation sites (N-methyl/N-ethyl adjacent to an activating group) is 1. The van der Waals surface area contributed by atoms with Crippen LogP contribution in [0.25, 0.3) is 12.2 Å². The summed E-state index contributed by atoms with van der Waals surface area (Å²) in [6, 6.07) is 12.2. The van der Waals surface area contributed by atoms with Crippen molar-refractivity contribution in [1.82, 2.24) is 9.88 Å². The molecule has 6 nitrogen and oxygen atoms in total. The van der Waals surface area contributed by atoms with Gasteiger partial charge < -0.3 is 10.0 Å². The van der Waals surface area contributed by atoms with E-state index >= 15 is 0 Å². The monoisotopic (exact) mass is 405 g/mol. The average Bonchev–Trinajstić information content (AvgIpc) is 2.74. The van der Waals surface area contributed by atoms with Gasteiger partial charge in [0.15, 0.2) is 5.78 Å². The number of allylic oxidation sites excluding steroid dienone is 1. The highest BCUT2D eigenvalue weighted by molar-refractivity contribution is 6.07. The number of carboxylic acids is 1. The molecule has 30 heavy (non-hydrogen) atoms. The first-order valence-electron chi connectivity index (χ1n) is 10.00. The Morgan fingerprint density at radius 2 is 1.80 bits per heavy atom. The number of aromatic nitrogens is 1. The molecule has 6 heteroatoms. The van der Waals surface area contributed by atoms with Crippen LogP contribution in [-0.4, -0.2) is 59.0 Å². The number of piperazine rings is 1. The number of ketones is 1. The number of carbonyl (C=O) groups is 2. The topological polar surface area (TPSA) is 73.7 Å². The van der Waals surface area contributed by atoms with Crippen LogP contribution < -0.4 is 4.90 Å². The van der Waals surface area contributed by atoms with Gasteiger partial charge in [-0.1, -0.05) is 18.2 Å². The lowest BCUT2D eigenvalue weighted by molar-refractivity contribution is -0.131. The third-order valence-corrected chi connectivity index (χ3v) is 5.49. The molecule has 1 saturated heterocycles. The molecule has 2 atom stereocenters. The molecule has 0 radical (unpaired) electrons. The lowest BCUT2D eigenvalue weighted by Crippen LogP contribution is -2.55. The van der Waals surface area contributed by atoms with Gasteiger partial charge in [0.2, 0.25) is 0 Å². The molecular weight excluding hydrogens is 378 g/mol. The average molecular weight is 405 g/mol. The van der Waals surface area contributed by atoms with Crippen molar-refractivity contribution in [2.45, 2.75) is 25.9 Å². The maximum atomic E-state index is 12.7. The van der Waals surface area contributed by atoms with Crippen LogP contribution in [0.1, 0.15) is 35.5 Å². The van der Waals surface area contributed by atoms with Crippen molar-refractivity contribution in [3.8, 4) is 0 Å². The first kappa shape index (κ1) is 21.5. The molecular formula is C24H27N3O3. The summed E-state index contributed by atoms with van der Waals surface area (Å²) in [7, 11) is 2.15. The van der Waals surface area contributed by atoms with Crippen molar-refractivity contribution in [2.75, 3.05) is 25.0 Å². The first-order chi connectivity index (χ1) is 14.3. The summed E-state index contributed by atoms with van der Waals surface area (Å²) < 4.78 is 0. The minimum absolute atomic E-state index is 0.0677. The molecule has 0 aliphatic carbocycles. The van der Waals surface area contributed by atoms with E-state index in [4.69, 9.17) is 5.11 Å². The van der Waals surface area contributed by atoms with Crippen LogP contribution in [0.15, 0.2) is 54.7 Å². The molecule has 1 aliphatic heterocycles. The number of pyridine rings is 1. The highest BCUT2D eigenvalue weighted by Gasteiger charge is 2.26. The van der Waals surface area contributed by atoms with Crippen LogP contribution >= 0.6 is 0 Å². The third kappa shape index (κ3) is 5.42. The fourth-order valence-corrected chi connectivity index (χ4v) is 3.51. The van der Waals surface area contributed by atoms with Crippen LogP contribution in [0.2, 0.25) is 0 Å². The largest absolute Gasteiger partial charge is 0.478 e. The van der Waals surface area contributed by atoms with Crippen molar-refractivity contribution >= 4 is 29.6 Å². The van der Waals surface area contributed by atoms with Gasteiger partial charge in [-0.15, -0.1) is 0 Å². The quantitative estimate of drug-likeness (QED) is 0.585. The zero-order valence-corrected chi connectivity index (χ0v) is 17.5. The van der Waals surface area contributed by atoms with Crippen molar-refractivity contribution < 1.29 is 14.7 Å². The predicted octanol–water partition coefficient (Wildman–Crippen LogP) is 3.60. The summed E-state index contributed by atoms with van der Waals surface area (Å²) in [5.41, 5.74) is 3.03. The zero-order valence-electron chi connectivity index (χ0n) is 17.5. The third-order valence-electron chi connectivity index (χ3n) is 5.49. The SMILES string of the molecule is C[C@@H]1CN(c2cccc(C(=O)C=Cc3ccc(C=CC(=O)O)nc3)c2)C[C@H](C)N1C. The summed E-state index contributed by atoms with van der Waals surface area (Å²) in [5.74, 6) is -1.09. The summed E-state index contributed by atoms with van der Waals surface area (Å²) in [4.78, 5) is 32.1. The minimum atomic E-state index is -1.02. The lowest BCUT2D eigenvalue weighted by Gasteiger charge is -2.43. The molecule has 0 unspecified atom stereocenters. The second-order valence-corrected chi connectivity index (χ2v) is 7.70. The Morgan fingerprint density at radius 3 is 2.43 bits per heavy atom. The molecule has 1 aromatic carbocycles. The molecule has 2 aromatic rings. The lowest BCUT2D eigenvalue weighted by atomic mass is 10.1. The fourth-order valence-electron chi connectivity index (χ4n) is 3.51. The molecule has 1 aliphatic rings. The van der Waals surface area contributed by atoms with E-state index in [0.717, 1.165) is 30.4 Å². The van der Waals surface area contributed by atoms with E-state index in [0.29, 0.717) is 23.3 Å². The molecule has 2 heterocycles. The van der Waals surface area contributed by atoms with E-state index in [1.54, 1.807) is 24.4 Å². The molecule has 3 rings (SSSR count). The Balaban J connectivity index is 1.69. The van der Waals surface area contributed by atoms with Gasteiger partial charge >= 0.3 is 5.97 Å². The van der Waals surface area contributed by atoms with Crippen LogP contribution in [0, 0.1) is 0 Å². The second-order valence-electron chi connectivity index (χ2n) is 7.70. The Bertz CT molecular complexity index is 954. The Labute approximate surface area is 177 Å². The van der Waals surface area contributed by atoms with Crippen molar-refractivity contribution in [2.24, 2.45) is 0 Å². The maximum Gasteiger partial charge on any atom is 0.328 e. The van der Waals surface area contributed by atoms with Gasteiger partial charge in [-0.05, 0) is 62.9 Å². The Kier molecular flexibility index (Phi) is 6.79. The molecule has 0 amide bonds. The molecule has 1 N–H and O–H groups in total. The van der Waals surface area contributed by atoms with Crippen LogP contribution in [0.5, 0.6) is 0 Å². The van der Waals surface area contributed by atoms with Gasteiger partial charge in [-0.25, -0.2) is 4.79 Å². The molecule has 0 spiro atoms. The van der Waals surface area contributed by atoms with Gasteiger partial charge in [0.25, 0.3) is 0 Å². The van der Waals surface area contributed by atoms with Crippen molar-refractivity contribution in [3.05, 3.63) is 71.6 Å². The van der Waals surface area contributed by atoms with Gasteiger partial charge in [0, 0.05) is 48.7 Å². The number of hydrogen-bond donors (Lipinski definition) is 1. The van der Waals surface area contributed by atoms with Crippen molar-refractivity contribution in [1.29, 1.82) is 0 Å². The van der Waals surface area contributed by atoms with E-state index in [1.807, 2.05) is 18.2 Å². The number of carboxylic acid groups (broad SMARTS) is 1. The number of benzene rings is 1. The first-order valence-corrected chi connectivity index (χ1v) is 10.00. The van der Waals surface area contributed by atoms with Crippen LogP contribution in [0.4, 0.5) is 5.69 Å². The normalized spacial score (nSPS) is 20.2. The molecule has 0 bridgehead atoms. The van der Waals surface area contributed by atoms with Gasteiger partial charge in [-0.2, -0.15) is 0 Å². The molecule has 156 valence electrons. The van der Waals surface area contributed by atoms with Crippen LogP contribution in [0.3, 0.4) is 0 Å². The van der Waals surface area contributed by atoms with Crippen molar-refractivity contribution in [3.63, 3.8) is 0 Å². The Morgan fingerprint density at radius 1 is 1.07 bits per heavy atom. The van der Waals surface area contributed by atoms with E-state index in [1.165, 1.54) is 12.2 Å². The van der Waals surface area contributed by atoms with Crippen LogP contribution in [-0.2, 0) is 4.79 Å². The van der Waals surface area contributed by atoms with E-state index < -0.39 is 5.97 Å². The standard InChI is InChI=1S/C24H27N3O3/c1-17-15-27(16-18(2)26(17)3)22-6-4-5-20(13-22)23(28)11-8-19-7-9-21(25-14-19)10-12-24(29)30/h4-14,17-18H,15-16H2,1-3H3,(H,29,30)/t17-,18+. The number of anilines is 1. The number of aliphatic carboxylic acids is 1. The number of nitrogens with zero attached hydrogens (tertiary/aromatic N) is 3. The smallest absolute Gasteiger partial charge is 0.328 e. The maximum absolute atomic E-state index is 12.7. The van der Waals surface area contributed by atoms with Gasteiger partial charge in [0.1, 0.15) is 0 Å². The van der Waals surface area contributed by atoms with E-state index in [2.05, 4.69) is 41.7 Å². The number of rotatable bonds is 6. The highest BCUT2D eigenvalue weighted by Crippen LogP contribution is 2.23. The van der Waals surface area contributed by atoms with E-state index in [9.17, 15) is 9.59 Å². The van der Waals surface area contributed by atoms with Gasteiger partial charge in [-0.3, -0.25) is 14.7 Å². The minimum Gasteiger partial charge on any atom is -0.478 e. The summed E-state index contributed by atoms with van der Waals surface area (Å²) in [6.45, 7) is 6.31. The number of hydrogen-bond acceptors (Lipinski definition) is 5. The highest BCUT2D eigenvalue weighted by atomic mass is 16.4. The number of carbonyl (C=O) groups excluding carboxylic acids is 1. The second kappa shape index (κ2) is 9.50. The summed E-state index contributed by atoms with van der Waals surface area (Å²) >= 11 is 0. The predicted molar refractivity (Wildman–Crippen MR) is 120 cm³/mol. The Hall–Kier alpha value is -3.25. The molecule has 1 fully saturated rings. The molecule has 0 saturated carbocycles.